The molecule has 1 aromatic rings. The fraction of sp³-hybridized carbons (Fsp3) is 0.588. The molecule has 1 fully saturated rings. The fourth-order valence-electron chi connectivity index (χ4n) is 3.54. The molecule has 0 spiro atoms. The van der Waals surface area contributed by atoms with Gasteiger partial charge in [-0.15, -0.1) is 0 Å². The van der Waals surface area contributed by atoms with Crippen molar-refractivity contribution in [2.24, 2.45) is 0 Å². The van der Waals surface area contributed by atoms with Gasteiger partial charge in [-0.3, -0.25) is 4.79 Å². The van der Waals surface area contributed by atoms with E-state index in [9.17, 15) is 23.1 Å². The Labute approximate surface area is 138 Å². The molecule has 2 aliphatic heterocycles. The fourth-order valence-corrected chi connectivity index (χ4v) is 3.54. The first-order valence-electron chi connectivity index (χ1n) is 8.05. The van der Waals surface area contributed by atoms with Crippen LogP contribution in [0.5, 0.6) is 0 Å². The molecule has 1 aromatic carbocycles. The van der Waals surface area contributed by atoms with Gasteiger partial charge in [-0.2, -0.15) is 13.2 Å². The Balaban J connectivity index is 1.89. The first kappa shape index (κ1) is 17.2. The summed E-state index contributed by atoms with van der Waals surface area (Å²) in [6.45, 7) is 3.58. The maximum Gasteiger partial charge on any atom is 0.426 e. The molecular formula is C17H21F3N2O2. The number of benzene rings is 1. The summed E-state index contributed by atoms with van der Waals surface area (Å²) in [7, 11) is 0. The second-order valence-electron chi connectivity index (χ2n) is 6.87. The summed E-state index contributed by atoms with van der Waals surface area (Å²) in [5.41, 5.74) is 0.491. The van der Waals surface area contributed by atoms with E-state index in [0.29, 0.717) is 6.92 Å². The van der Waals surface area contributed by atoms with Crippen molar-refractivity contribution in [1.29, 1.82) is 0 Å². The highest BCUT2D eigenvalue weighted by Crippen LogP contribution is 2.37. The summed E-state index contributed by atoms with van der Waals surface area (Å²) in [4.78, 5) is 13.3. The van der Waals surface area contributed by atoms with Crippen molar-refractivity contribution in [3.8, 4) is 0 Å². The summed E-state index contributed by atoms with van der Waals surface area (Å²) in [5.74, 6) is -1.30. The predicted molar refractivity (Wildman–Crippen MR) is 82.1 cm³/mol. The maximum atomic E-state index is 12.9. The third-order valence-electron chi connectivity index (χ3n) is 4.92. The van der Waals surface area contributed by atoms with Crippen molar-refractivity contribution in [2.45, 2.75) is 57.6 Å². The topological polar surface area (TPSA) is 52.6 Å². The molecule has 4 nitrogen and oxygen atoms in total. The molecule has 0 bridgehead atoms. The highest BCUT2D eigenvalue weighted by molar-refractivity contribution is 5.86. The van der Waals surface area contributed by atoms with Gasteiger partial charge in [-0.1, -0.05) is 17.7 Å². The number of aryl methyl sites for hydroxylation is 1. The molecule has 132 valence electrons. The Kier molecular flexibility index (Phi) is 4.12. The van der Waals surface area contributed by atoms with Crippen LogP contribution in [0.25, 0.3) is 0 Å². The molecule has 0 saturated carbocycles. The minimum absolute atomic E-state index is 0.0990. The lowest BCUT2D eigenvalue weighted by Crippen LogP contribution is -2.54. The Morgan fingerprint density at radius 1 is 1.33 bits per heavy atom. The zero-order chi connectivity index (χ0) is 17.7. The molecule has 3 rings (SSSR count). The SMILES string of the molecule is Cc1cc2c(c([C@@H]3CCCN3)c1)CN(C(=O)[C@@](C)(O)C(F)(F)F)C2. The van der Waals surface area contributed by atoms with Gasteiger partial charge < -0.3 is 15.3 Å². The van der Waals surface area contributed by atoms with Crippen molar-refractivity contribution in [3.63, 3.8) is 0 Å². The third kappa shape index (κ3) is 2.80. The molecule has 2 aliphatic rings. The van der Waals surface area contributed by atoms with E-state index >= 15 is 0 Å². The molecule has 2 atom stereocenters. The number of alkyl halides is 3. The minimum atomic E-state index is -5.00. The van der Waals surface area contributed by atoms with Crippen LogP contribution in [0.3, 0.4) is 0 Å². The van der Waals surface area contributed by atoms with Gasteiger partial charge in [0.2, 0.25) is 5.60 Å². The molecule has 2 N–H and O–H groups in total. The Hall–Kier alpha value is -1.60. The summed E-state index contributed by atoms with van der Waals surface area (Å²) in [5, 5.41) is 13.1. The van der Waals surface area contributed by atoms with Crippen LogP contribution in [-0.4, -0.2) is 34.2 Å². The summed E-state index contributed by atoms with van der Waals surface area (Å²) >= 11 is 0. The molecule has 0 unspecified atom stereocenters. The number of aliphatic hydroxyl groups is 1. The minimum Gasteiger partial charge on any atom is -0.373 e. The highest BCUT2D eigenvalue weighted by Gasteiger charge is 2.57. The average Bonchev–Trinajstić information content (AvgIpc) is 3.13. The van der Waals surface area contributed by atoms with Crippen LogP contribution in [-0.2, 0) is 17.9 Å². The second kappa shape index (κ2) is 5.74. The first-order chi connectivity index (χ1) is 11.1. The summed E-state index contributed by atoms with van der Waals surface area (Å²) in [6, 6.07) is 4.12. The monoisotopic (exact) mass is 342 g/mol. The van der Waals surface area contributed by atoms with E-state index in [1.54, 1.807) is 0 Å². The lowest BCUT2D eigenvalue weighted by molar-refractivity contribution is -0.250. The highest BCUT2D eigenvalue weighted by atomic mass is 19.4. The summed E-state index contributed by atoms with van der Waals surface area (Å²) in [6.07, 6.45) is -2.96. The standard InChI is InChI=1S/C17H21F3N2O2/c1-10-6-11-8-22(15(23)16(2,24)17(18,19)20)9-13(11)12(7-10)14-4-3-5-21-14/h6-7,14,21,24H,3-5,8-9H2,1-2H3/t14-,16+/m0/s1. The maximum absolute atomic E-state index is 12.9. The van der Waals surface area contributed by atoms with Gasteiger partial charge in [0.1, 0.15) is 0 Å². The van der Waals surface area contributed by atoms with E-state index in [1.807, 2.05) is 19.1 Å². The van der Waals surface area contributed by atoms with Gasteiger partial charge in [0.25, 0.3) is 5.91 Å². The largest absolute Gasteiger partial charge is 0.426 e. The van der Waals surface area contributed by atoms with Gasteiger partial charge in [-0.05, 0) is 49.9 Å². The second-order valence-corrected chi connectivity index (χ2v) is 6.87. The van der Waals surface area contributed by atoms with Crippen LogP contribution in [0.15, 0.2) is 12.1 Å². The van der Waals surface area contributed by atoms with Gasteiger partial charge in [0.15, 0.2) is 0 Å². The molecule has 0 aromatic heterocycles. The van der Waals surface area contributed by atoms with Crippen LogP contribution in [0.1, 0.15) is 48.1 Å². The number of hydrogen-bond donors (Lipinski definition) is 2. The molecule has 24 heavy (non-hydrogen) atoms. The van der Waals surface area contributed by atoms with Crippen LogP contribution < -0.4 is 5.32 Å². The smallest absolute Gasteiger partial charge is 0.373 e. The number of carbonyl (C=O) groups excluding carboxylic acids is 1. The Morgan fingerprint density at radius 3 is 2.62 bits per heavy atom. The molecule has 1 amide bonds. The van der Waals surface area contributed by atoms with E-state index in [-0.39, 0.29) is 19.1 Å². The van der Waals surface area contributed by atoms with E-state index in [2.05, 4.69) is 5.32 Å². The number of hydrogen-bond acceptors (Lipinski definition) is 3. The van der Waals surface area contributed by atoms with Crippen LogP contribution >= 0.6 is 0 Å². The van der Waals surface area contributed by atoms with Gasteiger partial charge in [-0.25, -0.2) is 0 Å². The Morgan fingerprint density at radius 2 is 2.04 bits per heavy atom. The van der Waals surface area contributed by atoms with E-state index in [4.69, 9.17) is 0 Å². The van der Waals surface area contributed by atoms with Crippen molar-refractivity contribution < 1.29 is 23.1 Å². The molecule has 0 aliphatic carbocycles. The van der Waals surface area contributed by atoms with Crippen molar-refractivity contribution in [3.05, 3.63) is 34.4 Å². The van der Waals surface area contributed by atoms with Crippen LogP contribution in [0.2, 0.25) is 0 Å². The van der Waals surface area contributed by atoms with Gasteiger partial charge in [0, 0.05) is 19.1 Å². The van der Waals surface area contributed by atoms with E-state index < -0.39 is 17.7 Å². The quantitative estimate of drug-likeness (QED) is 0.869. The lowest BCUT2D eigenvalue weighted by atomic mass is 9.94. The zero-order valence-corrected chi connectivity index (χ0v) is 13.7. The zero-order valence-electron chi connectivity index (χ0n) is 13.7. The van der Waals surface area contributed by atoms with Crippen molar-refractivity contribution in [1.82, 2.24) is 10.2 Å². The summed E-state index contributed by atoms with van der Waals surface area (Å²) < 4.78 is 38.8. The van der Waals surface area contributed by atoms with Gasteiger partial charge in [0.05, 0.1) is 0 Å². The first-order valence-corrected chi connectivity index (χ1v) is 8.05. The van der Waals surface area contributed by atoms with E-state index in [0.717, 1.165) is 46.5 Å². The number of halogens is 3. The number of rotatable bonds is 2. The number of nitrogens with one attached hydrogen (secondary N) is 1. The average molecular weight is 342 g/mol. The molecular weight excluding hydrogens is 321 g/mol. The predicted octanol–water partition coefficient (Wildman–Crippen LogP) is 2.58. The molecule has 1 saturated heterocycles. The van der Waals surface area contributed by atoms with E-state index in [1.165, 1.54) is 0 Å². The lowest BCUT2D eigenvalue weighted by Gasteiger charge is -2.29. The molecule has 0 radical (unpaired) electrons. The van der Waals surface area contributed by atoms with Crippen LogP contribution in [0, 0.1) is 6.92 Å². The third-order valence-corrected chi connectivity index (χ3v) is 4.92. The van der Waals surface area contributed by atoms with Crippen molar-refractivity contribution >= 4 is 5.91 Å². The van der Waals surface area contributed by atoms with Crippen molar-refractivity contribution in [2.75, 3.05) is 6.54 Å². The van der Waals surface area contributed by atoms with Gasteiger partial charge >= 0.3 is 6.18 Å². The number of amides is 1. The number of nitrogens with zero attached hydrogens (tertiary/aromatic N) is 1. The normalized spacial score (nSPS) is 23.2. The van der Waals surface area contributed by atoms with Crippen LogP contribution in [0.4, 0.5) is 13.2 Å². The molecule has 2 heterocycles. The molecule has 7 heteroatoms. The Bertz CT molecular complexity index is 665. The number of carbonyl (C=O) groups is 1. The number of fused-ring (bicyclic) bond motifs is 1.